The molecule has 0 radical (unpaired) electrons. The molecule has 0 aliphatic heterocycles. The van der Waals surface area contributed by atoms with Crippen molar-refractivity contribution in [3.63, 3.8) is 0 Å². The summed E-state index contributed by atoms with van der Waals surface area (Å²) in [7, 11) is 0. The molecular weight excluding hydrogens is 781 g/mol. The fraction of sp³-hybridized carbons (Fsp3) is 0. The molecule has 9 aromatic carbocycles. The van der Waals surface area contributed by atoms with Gasteiger partial charge in [-0.3, -0.25) is 0 Å². The van der Waals surface area contributed by atoms with Crippen LogP contribution in [-0.2, 0) is 0 Å². The highest BCUT2D eigenvalue weighted by Gasteiger charge is 2.23. The van der Waals surface area contributed by atoms with Crippen molar-refractivity contribution in [2.24, 2.45) is 0 Å². The maximum absolute atomic E-state index is 10.0. The predicted octanol–water partition coefficient (Wildman–Crippen LogP) is 14.3. The molecule has 0 unspecified atom stereocenters. The molecule has 0 saturated carbocycles. The van der Waals surface area contributed by atoms with Crippen molar-refractivity contribution >= 4 is 43.6 Å². The third-order valence-corrected chi connectivity index (χ3v) is 12.2. The molecule has 0 amide bonds. The quantitative estimate of drug-likeness (QED) is 0.161. The van der Waals surface area contributed by atoms with E-state index in [2.05, 4.69) is 149 Å². The second kappa shape index (κ2) is 15.2. The van der Waals surface area contributed by atoms with Gasteiger partial charge in [-0.1, -0.05) is 158 Å². The molecule has 6 heteroatoms. The first-order chi connectivity index (χ1) is 31.7. The van der Waals surface area contributed by atoms with Crippen LogP contribution in [0.1, 0.15) is 5.56 Å². The normalized spacial score (nSPS) is 11.4. The zero-order valence-electron chi connectivity index (χ0n) is 34.5. The largest absolute Gasteiger partial charge is 0.309 e. The summed E-state index contributed by atoms with van der Waals surface area (Å²) in [6, 6.07) is 78.0. The van der Waals surface area contributed by atoms with Gasteiger partial charge in [0.05, 0.1) is 39.4 Å². The van der Waals surface area contributed by atoms with Crippen LogP contribution in [-0.4, -0.2) is 24.1 Å². The van der Waals surface area contributed by atoms with E-state index in [0.29, 0.717) is 23.0 Å². The molecule has 12 aromatic rings. The summed E-state index contributed by atoms with van der Waals surface area (Å²) in [6.07, 6.45) is 0. The SMILES string of the molecule is N#Cc1ccccc1-c1ccc2c(c1)c1ccccc1n2-c1ccc(-c2cccc3c2c2ccccc2n3-c2ccccc2)cc1-c1nc(-c2ccccc2)nc(-c2ccccc2)n1. The van der Waals surface area contributed by atoms with Crippen LogP contribution in [0.4, 0.5) is 0 Å². The number of para-hydroxylation sites is 3. The molecule has 3 heterocycles. The minimum atomic E-state index is 0.564. The number of fused-ring (bicyclic) bond motifs is 6. The van der Waals surface area contributed by atoms with E-state index in [-0.39, 0.29) is 0 Å². The van der Waals surface area contributed by atoms with Gasteiger partial charge in [-0.25, -0.2) is 15.0 Å². The van der Waals surface area contributed by atoms with Crippen LogP contribution in [0.25, 0.3) is 111 Å². The van der Waals surface area contributed by atoms with Gasteiger partial charge in [-0.2, -0.15) is 5.26 Å². The Morgan fingerprint density at radius 2 is 0.875 bits per heavy atom. The van der Waals surface area contributed by atoms with Crippen molar-refractivity contribution in [3.05, 3.63) is 224 Å². The Morgan fingerprint density at radius 3 is 1.59 bits per heavy atom. The number of nitrogens with zero attached hydrogens (tertiary/aromatic N) is 6. The number of aromatic nitrogens is 5. The molecule has 0 bridgehead atoms. The van der Waals surface area contributed by atoms with Gasteiger partial charge >= 0.3 is 0 Å². The van der Waals surface area contributed by atoms with E-state index >= 15 is 0 Å². The summed E-state index contributed by atoms with van der Waals surface area (Å²) in [5.41, 5.74) is 13.8. The molecule has 0 aliphatic rings. The average Bonchev–Trinajstić information content (AvgIpc) is 3.89. The summed E-state index contributed by atoms with van der Waals surface area (Å²) >= 11 is 0. The van der Waals surface area contributed by atoms with Crippen molar-refractivity contribution < 1.29 is 0 Å². The highest BCUT2D eigenvalue weighted by molar-refractivity contribution is 6.16. The van der Waals surface area contributed by atoms with Gasteiger partial charge < -0.3 is 9.13 Å². The highest BCUT2D eigenvalue weighted by Crippen LogP contribution is 2.43. The van der Waals surface area contributed by atoms with Crippen LogP contribution in [0.5, 0.6) is 0 Å². The van der Waals surface area contributed by atoms with Crippen molar-refractivity contribution in [1.82, 2.24) is 24.1 Å². The molecule has 0 atom stereocenters. The van der Waals surface area contributed by atoms with Gasteiger partial charge in [0.2, 0.25) is 0 Å². The summed E-state index contributed by atoms with van der Waals surface area (Å²) in [4.78, 5) is 15.7. The summed E-state index contributed by atoms with van der Waals surface area (Å²) in [6.45, 7) is 0. The lowest BCUT2D eigenvalue weighted by Crippen LogP contribution is -2.04. The van der Waals surface area contributed by atoms with Gasteiger partial charge in [0.1, 0.15) is 0 Å². The van der Waals surface area contributed by atoms with Crippen molar-refractivity contribution in [2.45, 2.75) is 0 Å². The van der Waals surface area contributed by atoms with E-state index in [1.165, 1.54) is 10.8 Å². The third kappa shape index (κ3) is 6.06. The van der Waals surface area contributed by atoms with E-state index in [1.54, 1.807) is 0 Å². The Bertz CT molecular complexity index is 3730. The first-order valence-electron chi connectivity index (χ1n) is 21.3. The van der Waals surface area contributed by atoms with Gasteiger partial charge in [0.25, 0.3) is 0 Å². The van der Waals surface area contributed by atoms with Gasteiger partial charge in [-0.15, -0.1) is 0 Å². The molecule has 3 aromatic heterocycles. The molecule has 298 valence electrons. The summed E-state index contributed by atoms with van der Waals surface area (Å²) in [5.74, 6) is 1.75. The maximum Gasteiger partial charge on any atom is 0.166 e. The molecule has 0 spiro atoms. The van der Waals surface area contributed by atoms with Crippen LogP contribution in [0.3, 0.4) is 0 Å². The topological polar surface area (TPSA) is 72.3 Å². The second-order valence-electron chi connectivity index (χ2n) is 15.9. The lowest BCUT2D eigenvalue weighted by atomic mass is 9.96. The van der Waals surface area contributed by atoms with Crippen molar-refractivity contribution in [3.8, 4) is 73.9 Å². The van der Waals surface area contributed by atoms with Crippen LogP contribution in [0.2, 0.25) is 0 Å². The Hall–Kier alpha value is -8.92. The first-order valence-corrected chi connectivity index (χ1v) is 21.3. The molecule has 12 rings (SSSR count). The smallest absolute Gasteiger partial charge is 0.166 e. The first kappa shape index (κ1) is 36.9. The van der Waals surface area contributed by atoms with Gasteiger partial charge in [0, 0.05) is 43.9 Å². The van der Waals surface area contributed by atoms with Crippen LogP contribution in [0.15, 0.2) is 218 Å². The lowest BCUT2D eigenvalue weighted by molar-refractivity contribution is 1.06. The van der Waals surface area contributed by atoms with Crippen molar-refractivity contribution in [1.29, 1.82) is 5.26 Å². The van der Waals surface area contributed by atoms with Crippen LogP contribution >= 0.6 is 0 Å². The lowest BCUT2D eigenvalue weighted by Gasteiger charge is -2.17. The molecule has 64 heavy (non-hydrogen) atoms. The molecule has 0 N–H and O–H groups in total. The Kier molecular flexibility index (Phi) is 8.77. The number of benzene rings is 9. The number of hydrogen-bond donors (Lipinski definition) is 0. The molecule has 0 fully saturated rings. The molecule has 0 saturated heterocycles. The van der Waals surface area contributed by atoms with E-state index in [1.807, 2.05) is 84.9 Å². The van der Waals surface area contributed by atoms with E-state index in [0.717, 1.165) is 83.2 Å². The standard InChI is InChI=1S/C58H36N6/c59-37-42-21-10-11-24-44(42)40-31-33-52-48(35-40)46-25-12-14-28-50(46)64(52)53-34-32-41(45-27-16-30-54-55(45)47-26-13-15-29-51(47)63(54)43-22-8-3-9-23-43)36-49(53)58-61-56(38-17-4-1-5-18-38)60-57(62-58)39-19-6-2-7-20-39/h1-36H. The number of nitriles is 1. The van der Waals surface area contributed by atoms with Crippen LogP contribution < -0.4 is 0 Å². The Labute approximate surface area is 369 Å². The minimum absolute atomic E-state index is 0.564. The number of hydrogen-bond acceptors (Lipinski definition) is 4. The van der Waals surface area contributed by atoms with Crippen LogP contribution in [0, 0.1) is 11.3 Å². The zero-order chi connectivity index (χ0) is 42.6. The average molecular weight is 817 g/mol. The summed E-state index contributed by atoms with van der Waals surface area (Å²) in [5, 5.41) is 14.6. The zero-order valence-corrected chi connectivity index (χ0v) is 34.5. The second-order valence-corrected chi connectivity index (χ2v) is 15.9. The van der Waals surface area contributed by atoms with Gasteiger partial charge in [0.15, 0.2) is 17.5 Å². The van der Waals surface area contributed by atoms with E-state index in [9.17, 15) is 5.26 Å². The van der Waals surface area contributed by atoms with E-state index in [4.69, 9.17) is 15.0 Å². The Balaban J connectivity index is 1.16. The van der Waals surface area contributed by atoms with Crippen molar-refractivity contribution in [2.75, 3.05) is 0 Å². The fourth-order valence-corrected chi connectivity index (χ4v) is 9.35. The number of rotatable bonds is 7. The minimum Gasteiger partial charge on any atom is -0.309 e. The predicted molar refractivity (Wildman–Crippen MR) is 260 cm³/mol. The fourth-order valence-electron chi connectivity index (χ4n) is 9.35. The van der Waals surface area contributed by atoms with Gasteiger partial charge in [-0.05, 0) is 82.9 Å². The molecule has 6 nitrogen and oxygen atoms in total. The molecular formula is C58H36N6. The summed E-state index contributed by atoms with van der Waals surface area (Å²) < 4.78 is 4.69. The highest BCUT2D eigenvalue weighted by atomic mass is 15.1. The van der Waals surface area contributed by atoms with E-state index < -0.39 is 0 Å². The third-order valence-electron chi connectivity index (χ3n) is 12.2. The monoisotopic (exact) mass is 816 g/mol. The Morgan fingerprint density at radius 1 is 0.344 bits per heavy atom. The maximum atomic E-state index is 10.0. The molecule has 0 aliphatic carbocycles.